The van der Waals surface area contributed by atoms with Gasteiger partial charge >= 0.3 is 0 Å². The Morgan fingerprint density at radius 2 is 1.85 bits per heavy atom. The molecule has 1 aromatic carbocycles. The van der Waals surface area contributed by atoms with Gasteiger partial charge in [-0.05, 0) is 43.1 Å². The van der Waals surface area contributed by atoms with E-state index in [0.717, 1.165) is 17.9 Å². The minimum absolute atomic E-state index is 0.600. The van der Waals surface area contributed by atoms with E-state index < -0.39 is 0 Å². The predicted molar refractivity (Wildman–Crippen MR) is 85.7 cm³/mol. The summed E-state index contributed by atoms with van der Waals surface area (Å²) >= 11 is 0. The molecule has 1 N–H and O–H groups in total. The average Bonchev–Trinajstić information content (AvgIpc) is 3.25. The highest BCUT2D eigenvalue weighted by atomic mass is 15.0. The Hall–Kier alpha value is -0.820. The lowest BCUT2D eigenvalue weighted by atomic mass is 9.81. The highest BCUT2D eigenvalue weighted by Gasteiger charge is 2.39. The first-order valence-corrected chi connectivity index (χ1v) is 8.69. The van der Waals surface area contributed by atoms with Crippen molar-refractivity contribution in [1.82, 2.24) is 5.32 Å². The van der Waals surface area contributed by atoms with Crippen LogP contribution in [0.2, 0.25) is 0 Å². The zero-order valence-corrected chi connectivity index (χ0v) is 12.9. The molecular formula is C19H29N. The fourth-order valence-electron chi connectivity index (χ4n) is 4.00. The van der Waals surface area contributed by atoms with Crippen molar-refractivity contribution >= 4 is 0 Å². The van der Waals surface area contributed by atoms with Gasteiger partial charge in [-0.15, -0.1) is 0 Å². The van der Waals surface area contributed by atoms with Crippen LogP contribution in [-0.4, -0.2) is 6.04 Å². The van der Waals surface area contributed by atoms with E-state index in [1.54, 1.807) is 0 Å². The first kappa shape index (κ1) is 14.1. The smallest absolute Gasteiger partial charge is 0.0351 e. The van der Waals surface area contributed by atoms with Crippen LogP contribution in [0.5, 0.6) is 0 Å². The van der Waals surface area contributed by atoms with E-state index in [0.29, 0.717) is 6.04 Å². The molecule has 2 aliphatic rings. The predicted octanol–water partition coefficient (Wildman–Crippen LogP) is 5.09. The third kappa shape index (κ3) is 3.44. The van der Waals surface area contributed by atoms with Gasteiger partial charge in [0.05, 0.1) is 0 Å². The maximum absolute atomic E-state index is 4.01. The first-order valence-electron chi connectivity index (χ1n) is 8.69. The van der Waals surface area contributed by atoms with Crippen LogP contribution in [0.4, 0.5) is 0 Å². The van der Waals surface area contributed by atoms with Crippen LogP contribution in [0.15, 0.2) is 30.3 Å². The second-order valence-corrected chi connectivity index (χ2v) is 6.84. The van der Waals surface area contributed by atoms with Gasteiger partial charge in [0.2, 0.25) is 0 Å². The van der Waals surface area contributed by atoms with Gasteiger partial charge in [-0.1, -0.05) is 62.9 Å². The van der Waals surface area contributed by atoms with E-state index in [1.165, 1.54) is 56.9 Å². The van der Waals surface area contributed by atoms with Crippen molar-refractivity contribution in [2.24, 2.45) is 11.8 Å². The molecule has 0 radical (unpaired) electrons. The van der Waals surface area contributed by atoms with Crippen molar-refractivity contribution in [3.63, 3.8) is 0 Å². The molecule has 0 amide bonds. The van der Waals surface area contributed by atoms with Crippen LogP contribution < -0.4 is 5.32 Å². The van der Waals surface area contributed by atoms with E-state index in [1.807, 2.05) is 0 Å². The molecule has 0 spiro atoms. The summed E-state index contributed by atoms with van der Waals surface area (Å²) in [5.41, 5.74) is 1.52. The summed E-state index contributed by atoms with van der Waals surface area (Å²) in [6, 6.07) is 12.6. The highest BCUT2D eigenvalue weighted by molar-refractivity contribution is 5.20. The second-order valence-electron chi connectivity index (χ2n) is 6.84. The van der Waals surface area contributed by atoms with Crippen molar-refractivity contribution in [1.29, 1.82) is 0 Å². The van der Waals surface area contributed by atoms with Crippen molar-refractivity contribution in [2.75, 3.05) is 0 Å². The highest BCUT2D eigenvalue weighted by Crippen LogP contribution is 2.40. The summed E-state index contributed by atoms with van der Waals surface area (Å²) in [5, 5.41) is 4.01. The molecule has 0 saturated heterocycles. The van der Waals surface area contributed by atoms with Crippen LogP contribution in [0, 0.1) is 11.8 Å². The van der Waals surface area contributed by atoms with E-state index in [9.17, 15) is 0 Å². The third-order valence-electron chi connectivity index (χ3n) is 5.26. The largest absolute Gasteiger partial charge is 0.307 e. The Bertz CT molecular complexity index is 393. The van der Waals surface area contributed by atoms with Crippen LogP contribution in [0.1, 0.15) is 69.9 Å². The van der Waals surface area contributed by atoms with Gasteiger partial charge in [-0.2, -0.15) is 0 Å². The number of benzene rings is 1. The van der Waals surface area contributed by atoms with Crippen molar-refractivity contribution in [2.45, 2.75) is 70.4 Å². The Labute approximate surface area is 124 Å². The molecule has 1 nitrogen and oxygen atoms in total. The third-order valence-corrected chi connectivity index (χ3v) is 5.26. The Morgan fingerprint density at radius 1 is 1.10 bits per heavy atom. The molecule has 1 aromatic rings. The van der Waals surface area contributed by atoms with Crippen LogP contribution >= 0.6 is 0 Å². The zero-order valence-electron chi connectivity index (χ0n) is 12.9. The Balaban J connectivity index is 1.67. The maximum Gasteiger partial charge on any atom is 0.0351 e. The summed E-state index contributed by atoms with van der Waals surface area (Å²) < 4.78 is 0. The fourth-order valence-corrected chi connectivity index (χ4v) is 4.00. The van der Waals surface area contributed by atoms with Gasteiger partial charge < -0.3 is 5.32 Å². The first-order chi connectivity index (χ1) is 9.88. The van der Waals surface area contributed by atoms with E-state index in [2.05, 4.69) is 42.6 Å². The van der Waals surface area contributed by atoms with E-state index in [-0.39, 0.29) is 0 Å². The molecule has 1 heteroatoms. The minimum atomic E-state index is 0.600. The van der Waals surface area contributed by atoms with Crippen molar-refractivity contribution in [3.05, 3.63) is 35.9 Å². The number of hydrogen-bond donors (Lipinski definition) is 1. The Kier molecular flexibility index (Phi) is 4.77. The summed E-state index contributed by atoms with van der Waals surface area (Å²) in [4.78, 5) is 0. The van der Waals surface area contributed by atoms with Crippen molar-refractivity contribution in [3.8, 4) is 0 Å². The van der Waals surface area contributed by atoms with E-state index in [4.69, 9.17) is 0 Å². The molecule has 0 aliphatic heterocycles. The average molecular weight is 271 g/mol. The summed E-state index contributed by atoms with van der Waals surface area (Å²) in [5.74, 6) is 1.81. The molecule has 0 aromatic heterocycles. The van der Waals surface area contributed by atoms with Gasteiger partial charge in [0.25, 0.3) is 0 Å². The lowest BCUT2D eigenvalue weighted by Crippen LogP contribution is -2.32. The molecule has 3 unspecified atom stereocenters. The molecule has 3 atom stereocenters. The summed E-state index contributed by atoms with van der Waals surface area (Å²) in [7, 11) is 0. The van der Waals surface area contributed by atoms with Gasteiger partial charge in [-0.25, -0.2) is 0 Å². The minimum Gasteiger partial charge on any atom is -0.307 e. The second kappa shape index (κ2) is 6.76. The van der Waals surface area contributed by atoms with Crippen LogP contribution in [0.25, 0.3) is 0 Å². The number of hydrogen-bond acceptors (Lipinski definition) is 1. The van der Waals surface area contributed by atoms with Gasteiger partial charge in [0.1, 0.15) is 0 Å². The van der Waals surface area contributed by atoms with Crippen LogP contribution in [0.3, 0.4) is 0 Å². The Morgan fingerprint density at radius 3 is 2.55 bits per heavy atom. The lowest BCUT2D eigenvalue weighted by molar-refractivity contribution is 0.267. The monoisotopic (exact) mass is 271 g/mol. The summed E-state index contributed by atoms with van der Waals surface area (Å²) in [6.07, 6.45) is 11.3. The molecule has 110 valence electrons. The fraction of sp³-hybridized carbons (Fsp3) is 0.684. The van der Waals surface area contributed by atoms with Gasteiger partial charge in [0.15, 0.2) is 0 Å². The zero-order chi connectivity index (χ0) is 13.8. The standard InChI is InChI=1S/C19H29N/c1-2-9-17-14-18(17)20-19(15-10-5-3-6-11-15)16-12-7-4-8-13-16/h3,5-6,10-11,16-20H,2,4,7-9,12-14H2,1H3. The molecule has 20 heavy (non-hydrogen) atoms. The maximum atomic E-state index is 4.01. The van der Waals surface area contributed by atoms with Gasteiger partial charge in [-0.3, -0.25) is 0 Å². The SMILES string of the molecule is CCCC1CC1NC(c1ccccc1)C1CCCCC1. The van der Waals surface area contributed by atoms with Gasteiger partial charge in [0, 0.05) is 12.1 Å². The number of rotatable bonds is 6. The molecule has 2 aliphatic carbocycles. The normalized spacial score (nSPS) is 28.2. The molecule has 2 saturated carbocycles. The summed E-state index contributed by atoms with van der Waals surface area (Å²) in [6.45, 7) is 2.31. The molecule has 2 fully saturated rings. The number of nitrogens with one attached hydrogen (secondary N) is 1. The molecule has 0 heterocycles. The molecular weight excluding hydrogens is 242 g/mol. The van der Waals surface area contributed by atoms with Crippen molar-refractivity contribution < 1.29 is 0 Å². The van der Waals surface area contributed by atoms with Crippen LogP contribution in [-0.2, 0) is 0 Å². The lowest BCUT2D eigenvalue weighted by Gasteiger charge is -2.32. The molecule has 3 rings (SSSR count). The van der Waals surface area contributed by atoms with E-state index >= 15 is 0 Å². The molecule has 0 bridgehead atoms. The quantitative estimate of drug-likeness (QED) is 0.760. The topological polar surface area (TPSA) is 12.0 Å².